The summed E-state index contributed by atoms with van der Waals surface area (Å²) in [7, 11) is 1.99. The van der Waals surface area contributed by atoms with Gasteiger partial charge in [0.2, 0.25) is 11.8 Å². The molecule has 2 aromatic heterocycles. The first-order valence-corrected chi connectivity index (χ1v) is 9.68. The number of pyridine rings is 2. The number of rotatable bonds is 8. The number of amides is 2. The highest BCUT2D eigenvalue weighted by Gasteiger charge is 2.29. The minimum absolute atomic E-state index is 0.0546. The third-order valence-corrected chi connectivity index (χ3v) is 5.07. The second-order valence-electron chi connectivity index (χ2n) is 7.06. The van der Waals surface area contributed by atoms with Crippen molar-refractivity contribution in [2.45, 2.75) is 38.8 Å². The molecule has 1 saturated heterocycles. The summed E-state index contributed by atoms with van der Waals surface area (Å²) in [6.45, 7) is 3.58. The lowest BCUT2D eigenvalue weighted by atomic mass is 10.2. The molecule has 0 aliphatic carbocycles. The minimum Gasteiger partial charge on any atom is -0.359 e. The van der Waals surface area contributed by atoms with Gasteiger partial charge in [0.05, 0.1) is 0 Å². The zero-order valence-electron chi connectivity index (χ0n) is 16.5. The van der Waals surface area contributed by atoms with Crippen LogP contribution in [0.5, 0.6) is 0 Å². The molecule has 3 rings (SSSR count). The molecule has 3 heterocycles. The summed E-state index contributed by atoms with van der Waals surface area (Å²) >= 11 is 0. The number of anilines is 1. The van der Waals surface area contributed by atoms with Crippen molar-refractivity contribution < 1.29 is 9.59 Å². The summed E-state index contributed by atoms with van der Waals surface area (Å²) in [4.78, 5) is 36.9. The first-order valence-electron chi connectivity index (χ1n) is 9.68. The zero-order valence-corrected chi connectivity index (χ0v) is 16.5. The summed E-state index contributed by atoms with van der Waals surface area (Å²) in [6, 6.07) is 9.28. The monoisotopic (exact) mass is 381 g/mol. The van der Waals surface area contributed by atoms with Crippen molar-refractivity contribution in [1.82, 2.24) is 20.2 Å². The van der Waals surface area contributed by atoms with Crippen LogP contribution in [0.15, 0.2) is 42.7 Å². The molecular formula is C21H27N5O2. The van der Waals surface area contributed by atoms with Crippen LogP contribution in [0.25, 0.3) is 0 Å². The number of carbonyl (C=O) groups excluding carboxylic acids is 2. The van der Waals surface area contributed by atoms with E-state index in [1.165, 1.54) is 0 Å². The maximum Gasteiger partial charge on any atom is 0.242 e. The van der Waals surface area contributed by atoms with Crippen LogP contribution in [0, 0.1) is 0 Å². The molecule has 0 radical (unpaired) electrons. The molecule has 1 unspecified atom stereocenters. The molecule has 1 aliphatic heterocycles. The highest BCUT2D eigenvalue weighted by Crippen LogP contribution is 2.17. The molecule has 28 heavy (non-hydrogen) atoms. The van der Waals surface area contributed by atoms with Gasteiger partial charge in [0.25, 0.3) is 0 Å². The van der Waals surface area contributed by atoms with Crippen molar-refractivity contribution in [1.29, 1.82) is 0 Å². The quantitative estimate of drug-likeness (QED) is 0.754. The highest BCUT2D eigenvalue weighted by molar-refractivity contribution is 5.88. The van der Waals surface area contributed by atoms with E-state index >= 15 is 0 Å². The van der Waals surface area contributed by atoms with Gasteiger partial charge in [-0.1, -0.05) is 12.1 Å². The summed E-state index contributed by atoms with van der Waals surface area (Å²) in [5, 5.41) is 2.95. The van der Waals surface area contributed by atoms with E-state index in [0.717, 1.165) is 36.5 Å². The molecule has 2 amide bonds. The van der Waals surface area contributed by atoms with Gasteiger partial charge >= 0.3 is 0 Å². The maximum absolute atomic E-state index is 12.5. The van der Waals surface area contributed by atoms with Crippen LogP contribution in [-0.2, 0) is 22.6 Å². The fourth-order valence-corrected chi connectivity index (χ4v) is 3.40. The van der Waals surface area contributed by atoms with Gasteiger partial charge in [-0.2, -0.15) is 0 Å². The Labute approximate surface area is 165 Å². The van der Waals surface area contributed by atoms with Gasteiger partial charge < -0.3 is 15.1 Å². The van der Waals surface area contributed by atoms with Gasteiger partial charge in [-0.05, 0) is 31.5 Å². The summed E-state index contributed by atoms with van der Waals surface area (Å²) < 4.78 is 0. The Morgan fingerprint density at radius 3 is 2.79 bits per heavy atom. The number of nitrogens with zero attached hydrogens (tertiary/aromatic N) is 4. The molecule has 2 aromatic rings. The SMILES string of the molecule is CC(C(=O)NCc1cccnc1N(C)CCc1ccccn1)N1CCCC1=O. The number of likely N-dealkylation sites (N-methyl/N-ethyl adjacent to an activating group) is 1. The van der Waals surface area contributed by atoms with Crippen LogP contribution in [0.3, 0.4) is 0 Å². The molecule has 7 heteroatoms. The lowest BCUT2D eigenvalue weighted by molar-refractivity contribution is -0.136. The fraction of sp³-hybridized carbons (Fsp3) is 0.429. The average Bonchev–Trinajstić information content (AvgIpc) is 3.16. The van der Waals surface area contributed by atoms with Gasteiger partial charge in [0.15, 0.2) is 0 Å². The third kappa shape index (κ3) is 4.85. The average molecular weight is 381 g/mol. The number of hydrogen-bond donors (Lipinski definition) is 1. The predicted molar refractivity (Wildman–Crippen MR) is 108 cm³/mol. The van der Waals surface area contributed by atoms with E-state index in [4.69, 9.17) is 0 Å². The second kappa shape index (κ2) is 9.30. The molecule has 0 bridgehead atoms. The lowest BCUT2D eigenvalue weighted by Crippen LogP contribution is -2.45. The molecule has 1 fully saturated rings. The number of likely N-dealkylation sites (tertiary alicyclic amines) is 1. The second-order valence-corrected chi connectivity index (χ2v) is 7.06. The van der Waals surface area contributed by atoms with Crippen LogP contribution >= 0.6 is 0 Å². The molecule has 1 N–H and O–H groups in total. The normalized spacial score (nSPS) is 14.8. The summed E-state index contributed by atoms with van der Waals surface area (Å²) in [6.07, 6.45) is 5.72. The van der Waals surface area contributed by atoms with Gasteiger partial charge in [-0.3, -0.25) is 14.6 Å². The smallest absolute Gasteiger partial charge is 0.242 e. The Balaban J connectivity index is 1.58. The molecular weight excluding hydrogens is 354 g/mol. The maximum atomic E-state index is 12.5. The van der Waals surface area contributed by atoms with Crippen molar-refractivity contribution in [3.63, 3.8) is 0 Å². The van der Waals surface area contributed by atoms with E-state index in [1.54, 1.807) is 24.2 Å². The van der Waals surface area contributed by atoms with Crippen LogP contribution < -0.4 is 10.2 Å². The van der Waals surface area contributed by atoms with Gasteiger partial charge in [0.1, 0.15) is 11.9 Å². The number of aromatic nitrogens is 2. The Morgan fingerprint density at radius 2 is 2.07 bits per heavy atom. The van der Waals surface area contributed by atoms with Crippen LogP contribution in [0.2, 0.25) is 0 Å². The molecule has 0 saturated carbocycles. The molecule has 1 aliphatic rings. The van der Waals surface area contributed by atoms with Crippen LogP contribution in [-0.4, -0.2) is 52.9 Å². The third-order valence-electron chi connectivity index (χ3n) is 5.07. The van der Waals surface area contributed by atoms with E-state index in [2.05, 4.69) is 20.2 Å². The van der Waals surface area contributed by atoms with Crippen LogP contribution in [0.1, 0.15) is 31.0 Å². The van der Waals surface area contributed by atoms with E-state index in [9.17, 15) is 9.59 Å². The largest absolute Gasteiger partial charge is 0.359 e. The van der Waals surface area contributed by atoms with Crippen molar-refractivity contribution >= 4 is 17.6 Å². The topological polar surface area (TPSA) is 78.4 Å². The first kappa shape index (κ1) is 19.8. The van der Waals surface area contributed by atoms with Crippen molar-refractivity contribution in [2.24, 2.45) is 0 Å². The molecule has 0 spiro atoms. The van der Waals surface area contributed by atoms with Gasteiger partial charge in [-0.15, -0.1) is 0 Å². The Kier molecular flexibility index (Phi) is 6.57. The summed E-state index contributed by atoms with van der Waals surface area (Å²) in [5.41, 5.74) is 1.98. The Hall–Kier alpha value is -2.96. The molecule has 148 valence electrons. The predicted octanol–water partition coefficient (Wildman–Crippen LogP) is 1.78. The van der Waals surface area contributed by atoms with E-state index in [0.29, 0.717) is 19.5 Å². The van der Waals surface area contributed by atoms with Gasteiger partial charge in [-0.25, -0.2) is 4.98 Å². The van der Waals surface area contributed by atoms with Crippen molar-refractivity contribution in [2.75, 3.05) is 25.0 Å². The molecule has 7 nitrogen and oxygen atoms in total. The van der Waals surface area contributed by atoms with Gasteiger partial charge in [0, 0.05) is 63.2 Å². The standard InChI is InChI=1S/C21H27N5O2/c1-16(26-13-6-9-19(26)27)21(28)24-15-17-7-5-12-23-20(17)25(2)14-10-18-8-3-4-11-22-18/h3-5,7-8,11-12,16H,6,9-10,13-15H2,1-2H3,(H,24,28). The Bertz CT molecular complexity index is 811. The number of hydrogen-bond acceptors (Lipinski definition) is 5. The van der Waals surface area contributed by atoms with Crippen LogP contribution in [0.4, 0.5) is 5.82 Å². The van der Waals surface area contributed by atoms with Crippen molar-refractivity contribution in [3.05, 3.63) is 54.0 Å². The molecule has 0 aromatic carbocycles. The zero-order chi connectivity index (χ0) is 19.9. The summed E-state index contributed by atoms with van der Waals surface area (Å²) in [5.74, 6) is 0.754. The Morgan fingerprint density at radius 1 is 1.25 bits per heavy atom. The minimum atomic E-state index is -0.447. The van der Waals surface area contributed by atoms with E-state index < -0.39 is 6.04 Å². The van der Waals surface area contributed by atoms with Crippen molar-refractivity contribution in [3.8, 4) is 0 Å². The lowest BCUT2D eigenvalue weighted by Gasteiger charge is -2.24. The van der Waals surface area contributed by atoms with E-state index in [1.807, 2.05) is 37.4 Å². The first-order chi connectivity index (χ1) is 13.6. The van der Waals surface area contributed by atoms with E-state index in [-0.39, 0.29) is 11.8 Å². The highest BCUT2D eigenvalue weighted by atomic mass is 16.2. The number of nitrogens with one attached hydrogen (secondary N) is 1. The number of carbonyl (C=O) groups is 2. The molecule has 1 atom stereocenters. The fourth-order valence-electron chi connectivity index (χ4n) is 3.40.